The van der Waals surface area contributed by atoms with E-state index in [4.69, 9.17) is 50.9 Å². The summed E-state index contributed by atoms with van der Waals surface area (Å²) in [7, 11) is 4.91. The van der Waals surface area contributed by atoms with Crippen LogP contribution in [0.3, 0.4) is 0 Å². The number of carbonyl (C=O) groups excluding carboxylic acids is 6. The Hall–Kier alpha value is -7.39. The van der Waals surface area contributed by atoms with Gasteiger partial charge in [-0.15, -0.1) is 45.6 Å². The number of carboxylic acids is 1. The summed E-state index contributed by atoms with van der Waals surface area (Å²) in [5, 5.41) is 21.9. The molecule has 3 aromatic heterocycles. The van der Waals surface area contributed by atoms with Crippen molar-refractivity contribution >= 4 is 102 Å². The number of benzene rings is 3. The van der Waals surface area contributed by atoms with E-state index in [1.807, 2.05) is 88.9 Å². The highest BCUT2D eigenvalue weighted by Gasteiger charge is 2.30. The number of nitrogens with zero attached hydrogens (tertiary/aromatic N) is 5. The Kier molecular flexibility index (Phi) is 28.2. The largest absolute Gasteiger partial charge is 0.497 e. The molecule has 0 atom stereocenters. The zero-order chi connectivity index (χ0) is 63.5. The molecule has 26 heteroatoms. The second-order valence-corrected chi connectivity index (χ2v) is 24.1. The van der Waals surface area contributed by atoms with E-state index in [9.17, 15) is 33.6 Å². The third kappa shape index (κ3) is 22.6. The molecule has 478 valence electrons. The van der Waals surface area contributed by atoms with Crippen LogP contribution in [0.2, 0.25) is 0 Å². The van der Waals surface area contributed by atoms with Gasteiger partial charge in [0.15, 0.2) is 15.4 Å². The molecule has 4 amide bonds. The Labute approximate surface area is 534 Å². The van der Waals surface area contributed by atoms with Crippen molar-refractivity contribution in [2.45, 2.75) is 83.2 Å². The molecule has 6 aromatic rings. The molecule has 5 fully saturated rings. The molecule has 3 saturated carbocycles. The average molecular weight is 1300 g/mol. The molecule has 2 aliphatic heterocycles. The summed E-state index contributed by atoms with van der Waals surface area (Å²) in [5.74, 6) is 1.81. The predicted molar refractivity (Wildman–Crippen MR) is 343 cm³/mol. The van der Waals surface area contributed by atoms with Crippen LogP contribution in [0.15, 0.2) is 88.9 Å². The Bertz CT molecular complexity index is 3200. The number of aromatic nitrogens is 3. The van der Waals surface area contributed by atoms with Crippen LogP contribution < -0.4 is 30.6 Å². The predicted octanol–water partition coefficient (Wildman–Crippen LogP) is 10.0. The Morgan fingerprint density at radius 2 is 0.921 bits per heavy atom. The SMILES string of the molecule is COc1ccc(-c2csc(N)n2)cc1.COc1ccc(-c2csc(NC(=O)C3CCC(=O)CC3)n2)cc1.COc1ccc(-c2csc(NC(=O)C3CCC(OCC(=O)N4CCOCC4)CC3)n2)cc1.O=C(CCl)N1CCOCC1.O=C1CCC(C(=O)O)CC1. The Balaban J connectivity index is 0.000000172. The normalized spacial score (nSPS) is 17.7. The van der Waals surface area contributed by atoms with E-state index in [1.165, 1.54) is 34.0 Å². The first-order chi connectivity index (χ1) is 43.1. The second-order valence-electron chi connectivity index (χ2n) is 21.2. The van der Waals surface area contributed by atoms with Crippen LogP contribution in [0.25, 0.3) is 33.8 Å². The molecular formula is C63H77ClN8O14S3. The number of halogens is 1. The van der Waals surface area contributed by atoms with Gasteiger partial charge in [-0.1, -0.05) is 0 Å². The number of nitrogen functional groups attached to an aromatic ring is 1. The van der Waals surface area contributed by atoms with Gasteiger partial charge in [-0.2, -0.15) is 0 Å². The summed E-state index contributed by atoms with van der Waals surface area (Å²) in [6.45, 7) is 5.20. The third-order valence-corrected chi connectivity index (χ3v) is 17.7. The van der Waals surface area contributed by atoms with Crippen molar-refractivity contribution in [3.8, 4) is 51.0 Å². The maximum absolute atomic E-state index is 12.7. The first kappa shape index (κ1) is 69.1. The van der Waals surface area contributed by atoms with Crippen LogP contribution in [0.5, 0.6) is 17.2 Å². The summed E-state index contributed by atoms with van der Waals surface area (Å²) in [5.41, 5.74) is 11.1. The number of anilines is 3. The Morgan fingerprint density at radius 3 is 1.29 bits per heavy atom. The minimum atomic E-state index is -0.757. The highest BCUT2D eigenvalue weighted by molar-refractivity contribution is 7.14. The van der Waals surface area contributed by atoms with Crippen molar-refractivity contribution in [3.63, 3.8) is 0 Å². The lowest BCUT2D eigenvalue weighted by Gasteiger charge is -2.30. The van der Waals surface area contributed by atoms with Crippen LogP contribution in [0.1, 0.15) is 77.0 Å². The van der Waals surface area contributed by atoms with E-state index < -0.39 is 5.97 Å². The lowest BCUT2D eigenvalue weighted by molar-refractivity contribution is -0.144. The van der Waals surface area contributed by atoms with Gasteiger partial charge in [0, 0.05) is 96.5 Å². The number of amides is 4. The lowest BCUT2D eigenvalue weighted by Crippen LogP contribution is -2.43. The van der Waals surface area contributed by atoms with Crippen LogP contribution >= 0.6 is 45.6 Å². The van der Waals surface area contributed by atoms with Gasteiger partial charge in [-0.3, -0.25) is 33.6 Å². The van der Waals surface area contributed by atoms with Gasteiger partial charge in [0.1, 0.15) is 41.3 Å². The van der Waals surface area contributed by atoms with Crippen molar-refractivity contribution in [3.05, 3.63) is 88.9 Å². The van der Waals surface area contributed by atoms with Crippen LogP contribution in [-0.2, 0) is 47.8 Å². The summed E-state index contributed by atoms with van der Waals surface area (Å²) < 4.78 is 31.6. The number of alkyl halides is 1. The molecule has 5 N–H and O–H groups in total. The van der Waals surface area contributed by atoms with Crippen LogP contribution in [0, 0.1) is 17.8 Å². The van der Waals surface area contributed by atoms with Gasteiger partial charge in [0.25, 0.3) is 0 Å². The molecule has 3 aliphatic carbocycles. The van der Waals surface area contributed by atoms with Gasteiger partial charge >= 0.3 is 5.97 Å². The number of ketones is 2. The fraction of sp³-hybridized carbons (Fsp3) is 0.460. The molecule has 2 saturated heterocycles. The number of nitrogens with two attached hydrogens (primary N) is 1. The Morgan fingerprint density at radius 1 is 0.551 bits per heavy atom. The minimum absolute atomic E-state index is 0.00322. The molecule has 0 radical (unpaired) electrons. The van der Waals surface area contributed by atoms with Gasteiger partial charge < -0.3 is 59.7 Å². The highest BCUT2D eigenvalue weighted by Crippen LogP contribution is 2.32. The molecule has 11 rings (SSSR count). The number of carboxylic acid groups (broad SMARTS) is 1. The quantitative estimate of drug-likeness (QED) is 0.0695. The number of morpholine rings is 2. The molecule has 5 heterocycles. The first-order valence-electron chi connectivity index (χ1n) is 29.4. The second kappa shape index (κ2) is 36.3. The molecule has 0 spiro atoms. The minimum Gasteiger partial charge on any atom is -0.497 e. The van der Waals surface area contributed by atoms with E-state index in [-0.39, 0.29) is 71.5 Å². The molecule has 89 heavy (non-hydrogen) atoms. The van der Waals surface area contributed by atoms with E-state index >= 15 is 0 Å². The van der Waals surface area contributed by atoms with Gasteiger partial charge in [-0.05, 0) is 124 Å². The summed E-state index contributed by atoms with van der Waals surface area (Å²) >= 11 is 9.63. The zero-order valence-electron chi connectivity index (χ0n) is 50.2. The van der Waals surface area contributed by atoms with E-state index in [1.54, 1.807) is 31.1 Å². The summed E-state index contributed by atoms with van der Waals surface area (Å²) in [6.07, 6.45) is 7.37. The van der Waals surface area contributed by atoms with Gasteiger partial charge in [0.2, 0.25) is 23.6 Å². The average Bonchev–Trinajstić information content (AvgIpc) is 4.55. The number of methoxy groups -OCH3 is 3. The van der Waals surface area contributed by atoms with Crippen molar-refractivity contribution in [2.24, 2.45) is 17.8 Å². The number of aliphatic carboxylic acids is 1. The number of nitrogens with one attached hydrogen (secondary N) is 2. The molecule has 0 bridgehead atoms. The fourth-order valence-corrected chi connectivity index (χ4v) is 12.1. The zero-order valence-corrected chi connectivity index (χ0v) is 53.4. The van der Waals surface area contributed by atoms with Gasteiger partial charge in [-0.25, -0.2) is 15.0 Å². The standard InChI is InChI=1S/C23H29N3O5S.C17H18N2O3S.C10H10N2OS.C7H10O3.C6H10ClNO2/c1-29-18-6-2-16(3-7-18)20-15-32-23(24-20)25-22(28)17-4-8-19(9-5-17)31-14-21(27)26-10-12-30-13-11-26;1-22-14-8-4-11(5-9-14)15-10-23-17(18-15)19-16(21)12-2-6-13(20)7-3-12;1-13-8-4-2-7(3-5-8)9-6-14-10(11)12-9;8-6-3-1-5(2-4-6)7(9)10;7-5-6(9)8-1-3-10-4-2-8/h2-3,6-7,15,17,19H,4-5,8-14H2,1H3,(H,24,25,28);4-5,8-10,12H,2-3,6-7H2,1H3,(H,18,19,21);2-6H,1H3,(H2,11,12);5H,1-4H2,(H,9,10);1-5H2. The summed E-state index contributed by atoms with van der Waals surface area (Å²) in [4.78, 5) is 97.0. The highest BCUT2D eigenvalue weighted by atomic mass is 35.5. The molecule has 3 aromatic carbocycles. The number of hydrogen-bond donors (Lipinski definition) is 4. The molecule has 22 nitrogen and oxygen atoms in total. The first-order valence-corrected chi connectivity index (χ1v) is 32.6. The van der Waals surface area contributed by atoms with E-state index in [2.05, 4.69) is 25.6 Å². The smallest absolute Gasteiger partial charge is 0.306 e. The van der Waals surface area contributed by atoms with Gasteiger partial charge in [0.05, 0.1) is 76.9 Å². The maximum Gasteiger partial charge on any atom is 0.306 e. The fourth-order valence-electron chi connectivity index (χ4n) is 9.92. The number of ether oxygens (including phenoxy) is 6. The topological polar surface area (TPSA) is 290 Å². The molecule has 0 unspecified atom stereocenters. The van der Waals surface area contributed by atoms with Crippen LogP contribution in [0.4, 0.5) is 15.4 Å². The maximum atomic E-state index is 12.7. The molecule has 5 aliphatic rings. The number of carbonyl (C=O) groups is 7. The van der Waals surface area contributed by atoms with E-state index in [0.717, 1.165) is 76.7 Å². The lowest BCUT2D eigenvalue weighted by atomic mass is 9.87. The van der Waals surface area contributed by atoms with Crippen molar-refractivity contribution in [1.82, 2.24) is 24.8 Å². The van der Waals surface area contributed by atoms with Crippen molar-refractivity contribution in [1.29, 1.82) is 0 Å². The number of Topliss-reactive ketones (excluding diaryl/α,β-unsaturated/α-hetero) is 2. The molecular weight excluding hydrogens is 1220 g/mol. The van der Waals surface area contributed by atoms with Crippen molar-refractivity contribution in [2.75, 3.05) is 103 Å². The number of rotatable bonds is 15. The van der Waals surface area contributed by atoms with Crippen LogP contribution in [-0.4, -0.2) is 164 Å². The summed E-state index contributed by atoms with van der Waals surface area (Å²) in [6, 6.07) is 23.1. The number of hydrogen-bond acceptors (Lipinski definition) is 20. The third-order valence-electron chi connectivity index (χ3n) is 15.3. The number of thiazole rings is 3. The van der Waals surface area contributed by atoms with Crippen molar-refractivity contribution < 1.29 is 67.1 Å². The monoisotopic (exact) mass is 1300 g/mol. The van der Waals surface area contributed by atoms with E-state index in [0.29, 0.717) is 119 Å².